The van der Waals surface area contributed by atoms with Gasteiger partial charge in [-0.15, -0.1) is 0 Å². The van der Waals surface area contributed by atoms with Crippen molar-refractivity contribution in [3.05, 3.63) is 22.7 Å². The zero-order chi connectivity index (χ0) is 19.3. The number of carbonyl (C=O) groups excluding carboxylic acids is 1. The summed E-state index contributed by atoms with van der Waals surface area (Å²) in [6, 6.07) is 3.05. The van der Waals surface area contributed by atoms with Crippen LogP contribution in [0.1, 0.15) is 36.5 Å². The van der Waals surface area contributed by atoms with Crippen molar-refractivity contribution in [2.75, 3.05) is 39.0 Å². The van der Waals surface area contributed by atoms with Crippen molar-refractivity contribution in [1.29, 1.82) is 0 Å². The minimum atomic E-state index is -0.776. The summed E-state index contributed by atoms with van der Waals surface area (Å²) < 4.78 is 5.81. The number of nitrogens with zero attached hydrogens (tertiary/aromatic N) is 1. The van der Waals surface area contributed by atoms with E-state index in [1.54, 1.807) is 0 Å². The first-order valence-corrected chi connectivity index (χ1v) is 9.19. The summed E-state index contributed by atoms with van der Waals surface area (Å²) in [5.41, 5.74) is 6.45. The number of halogens is 1. The van der Waals surface area contributed by atoms with Crippen molar-refractivity contribution in [3.63, 3.8) is 0 Å². The van der Waals surface area contributed by atoms with Gasteiger partial charge in [0.2, 0.25) is 0 Å². The van der Waals surface area contributed by atoms with Gasteiger partial charge in [-0.3, -0.25) is 4.79 Å². The summed E-state index contributed by atoms with van der Waals surface area (Å²) in [4.78, 5) is 23.8. The number of nitrogen functional groups attached to an aromatic ring is 1. The first-order valence-electron chi connectivity index (χ1n) is 8.81. The van der Waals surface area contributed by atoms with Gasteiger partial charge in [0.05, 0.1) is 43.0 Å². The van der Waals surface area contributed by atoms with Crippen molar-refractivity contribution >= 4 is 29.2 Å². The molecule has 1 aliphatic heterocycles. The van der Waals surface area contributed by atoms with E-state index in [-0.39, 0.29) is 18.5 Å². The molecule has 4 N–H and O–H groups in total. The number of methoxy groups -OCH3 is 1. The van der Waals surface area contributed by atoms with Crippen LogP contribution in [0.4, 0.5) is 5.69 Å². The molecule has 0 unspecified atom stereocenters. The first kappa shape index (κ1) is 20.3. The zero-order valence-corrected chi connectivity index (χ0v) is 16.0. The zero-order valence-electron chi connectivity index (χ0n) is 15.3. The number of aliphatic carboxylic acids is 1. The number of anilines is 1. The molecular weight excluding hydrogens is 358 g/mol. The Balaban J connectivity index is 2.04. The number of carboxylic acids is 1. The molecule has 1 saturated heterocycles. The molecule has 0 saturated carbocycles. The van der Waals surface area contributed by atoms with Crippen LogP contribution >= 0.6 is 11.6 Å². The van der Waals surface area contributed by atoms with E-state index in [1.165, 1.54) is 19.2 Å². The van der Waals surface area contributed by atoms with E-state index >= 15 is 0 Å². The number of hydrogen-bond donors (Lipinski definition) is 3. The first-order chi connectivity index (χ1) is 12.3. The minimum Gasteiger partial charge on any atom is -0.496 e. The number of carboxylic acid groups (broad SMARTS) is 1. The smallest absolute Gasteiger partial charge is 0.359 e. The summed E-state index contributed by atoms with van der Waals surface area (Å²) in [5, 5.41) is 12.5. The van der Waals surface area contributed by atoms with Crippen LogP contribution in [0.15, 0.2) is 12.1 Å². The lowest BCUT2D eigenvalue weighted by molar-refractivity contribution is -0.926. The van der Waals surface area contributed by atoms with Gasteiger partial charge in [-0.1, -0.05) is 18.5 Å². The molecule has 0 radical (unpaired) electrons. The second-order valence-corrected chi connectivity index (χ2v) is 7.29. The van der Waals surface area contributed by atoms with Crippen LogP contribution in [-0.4, -0.2) is 60.8 Å². The Bertz CT molecular complexity index is 673. The molecule has 0 spiro atoms. The van der Waals surface area contributed by atoms with Crippen LogP contribution in [0, 0.1) is 0 Å². The number of piperidine rings is 1. The van der Waals surface area contributed by atoms with Crippen LogP contribution in [0.2, 0.25) is 5.02 Å². The topological polar surface area (TPSA) is 102 Å². The van der Waals surface area contributed by atoms with Gasteiger partial charge < -0.3 is 25.4 Å². The summed E-state index contributed by atoms with van der Waals surface area (Å²) in [6.45, 7) is 4.52. The third-order valence-corrected chi connectivity index (χ3v) is 5.30. The monoisotopic (exact) mass is 384 g/mol. The summed E-state index contributed by atoms with van der Waals surface area (Å²) in [5.74, 6) is -0.660. The molecule has 1 amide bonds. The van der Waals surface area contributed by atoms with Crippen molar-refractivity contribution in [2.45, 2.75) is 32.2 Å². The number of hydrogen-bond acceptors (Lipinski definition) is 4. The normalized spacial score (nSPS) is 22.7. The molecule has 0 atom stereocenters. The fourth-order valence-corrected chi connectivity index (χ4v) is 3.82. The van der Waals surface area contributed by atoms with Gasteiger partial charge in [0.25, 0.3) is 5.91 Å². The second-order valence-electron chi connectivity index (χ2n) is 6.89. The maximum Gasteiger partial charge on any atom is 0.359 e. The molecule has 7 nitrogen and oxygen atoms in total. The highest BCUT2D eigenvalue weighted by Crippen LogP contribution is 2.29. The maximum absolute atomic E-state index is 12.6. The van der Waals surface area contributed by atoms with Crippen LogP contribution in [0.25, 0.3) is 0 Å². The Hall–Kier alpha value is -1.99. The summed E-state index contributed by atoms with van der Waals surface area (Å²) >= 11 is 6.03. The molecule has 144 valence electrons. The predicted octanol–water partition coefficient (Wildman–Crippen LogP) is 2.13. The maximum atomic E-state index is 12.6. The van der Waals surface area contributed by atoms with E-state index in [4.69, 9.17) is 22.1 Å². The van der Waals surface area contributed by atoms with Crippen molar-refractivity contribution in [2.24, 2.45) is 0 Å². The average molecular weight is 385 g/mol. The lowest BCUT2D eigenvalue weighted by Gasteiger charge is -2.42. The van der Waals surface area contributed by atoms with Gasteiger partial charge in [-0.2, -0.15) is 0 Å². The Morgan fingerprint density at radius 2 is 2.04 bits per heavy atom. The molecule has 1 fully saturated rings. The summed E-state index contributed by atoms with van der Waals surface area (Å²) in [6.07, 6.45) is 2.42. The Morgan fingerprint density at radius 1 is 1.38 bits per heavy atom. The van der Waals surface area contributed by atoms with Crippen LogP contribution in [0.3, 0.4) is 0 Å². The highest BCUT2D eigenvalue weighted by Gasteiger charge is 2.35. The lowest BCUT2D eigenvalue weighted by Crippen LogP contribution is -2.58. The van der Waals surface area contributed by atoms with Crippen molar-refractivity contribution in [1.82, 2.24) is 5.32 Å². The fraction of sp³-hybridized carbons (Fsp3) is 0.556. The fourth-order valence-electron chi connectivity index (χ4n) is 3.66. The number of carbonyl (C=O) groups is 2. The number of benzene rings is 1. The molecule has 8 heteroatoms. The number of nitrogens with two attached hydrogens (primary N) is 1. The molecule has 0 aliphatic carbocycles. The largest absolute Gasteiger partial charge is 0.496 e. The molecule has 1 aromatic rings. The van der Waals surface area contributed by atoms with Crippen molar-refractivity contribution in [3.8, 4) is 5.75 Å². The highest BCUT2D eigenvalue weighted by atomic mass is 35.5. The second kappa shape index (κ2) is 8.60. The van der Waals surface area contributed by atoms with Gasteiger partial charge in [-0.25, -0.2) is 4.79 Å². The van der Waals surface area contributed by atoms with E-state index in [9.17, 15) is 14.7 Å². The molecule has 0 aromatic heterocycles. The number of likely N-dealkylation sites (tertiary alicyclic amines) is 1. The standard InChI is InChI=1S/C18H26ClN3O4/c1-3-6-22(11-17(23)24)7-4-12(5-8-22)21-18(25)13-9-14(19)15(20)10-16(13)26-2/h9-10,12H,3-8,11H2,1-2H3,(H3-,20,21,23,24,25)/p+1. The third kappa shape index (κ3) is 4.80. The minimum absolute atomic E-state index is 0.000403. The number of ether oxygens (including phenoxy) is 1. The molecule has 1 aliphatic rings. The Morgan fingerprint density at radius 3 is 2.58 bits per heavy atom. The summed E-state index contributed by atoms with van der Waals surface area (Å²) in [7, 11) is 1.47. The molecule has 1 aromatic carbocycles. The number of quaternary nitrogens is 1. The van der Waals surface area contributed by atoms with Gasteiger partial charge in [0.15, 0.2) is 6.54 Å². The van der Waals surface area contributed by atoms with E-state index in [2.05, 4.69) is 12.2 Å². The quantitative estimate of drug-likeness (QED) is 0.493. The number of rotatable bonds is 7. The molecule has 26 heavy (non-hydrogen) atoms. The molecule has 1 heterocycles. The van der Waals surface area contributed by atoms with Gasteiger partial charge >= 0.3 is 5.97 Å². The van der Waals surface area contributed by atoms with Gasteiger partial charge in [-0.05, 0) is 12.5 Å². The average Bonchev–Trinajstić information content (AvgIpc) is 2.58. The van der Waals surface area contributed by atoms with Gasteiger partial charge in [0, 0.05) is 24.9 Å². The van der Waals surface area contributed by atoms with E-state index in [0.717, 1.165) is 38.9 Å². The van der Waals surface area contributed by atoms with Crippen LogP contribution < -0.4 is 15.8 Å². The van der Waals surface area contributed by atoms with Crippen molar-refractivity contribution < 1.29 is 23.9 Å². The Labute approximate surface area is 158 Å². The number of amides is 1. The molecular formula is C18H27ClN3O4+. The molecule has 0 bridgehead atoms. The number of nitrogens with one attached hydrogen (secondary N) is 1. The SMILES string of the molecule is CCC[N+]1(CC(=O)O)CCC(NC(=O)c2cc(Cl)c(N)cc2OC)CC1. The molecule has 2 rings (SSSR count). The van der Waals surface area contributed by atoms with E-state index in [1.807, 2.05) is 0 Å². The lowest BCUT2D eigenvalue weighted by atomic mass is 10.0. The van der Waals surface area contributed by atoms with Crippen LogP contribution in [0.5, 0.6) is 5.75 Å². The van der Waals surface area contributed by atoms with E-state index < -0.39 is 5.97 Å². The highest BCUT2D eigenvalue weighted by molar-refractivity contribution is 6.33. The Kier molecular flexibility index (Phi) is 6.72. The van der Waals surface area contributed by atoms with Gasteiger partial charge in [0.1, 0.15) is 5.75 Å². The third-order valence-electron chi connectivity index (χ3n) is 4.97. The van der Waals surface area contributed by atoms with E-state index in [0.29, 0.717) is 26.5 Å². The van der Waals surface area contributed by atoms with Crippen LogP contribution in [-0.2, 0) is 4.79 Å². The predicted molar refractivity (Wildman–Crippen MR) is 101 cm³/mol.